The molecule has 2 aromatic rings. The maximum atomic E-state index is 11.8. The molecule has 0 unspecified atom stereocenters. The summed E-state index contributed by atoms with van der Waals surface area (Å²) in [6, 6.07) is 10.3. The molecule has 0 bridgehead atoms. The molecule has 0 saturated heterocycles. The van der Waals surface area contributed by atoms with Crippen LogP contribution in [0.2, 0.25) is 0 Å². The van der Waals surface area contributed by atoms with Crippen molar-refractivity contribution < 1.29 is 13.9 Å². The number of hydrazone groups is 1. The lowest BCUT2D eigenvalue weighted by Gasteiger charge is -2.02. The molecule has 19 heavy (non-hydrogen) atoms. The van der Waals surface area contributed by atoms with Crippen molar-refractivity contribution in [3.8, 4) is 5.75 Å². The average molecular weight is 323 g/mol. The van der Waals surface area contributed by atoms with Gasteiger partial charge in [0, 0.05) is 5.56 Å². The third-order valence-electron chi connectivity index (χ3n) is 2.28. The van der Waals surface area contributed by atoms with Gasteiger partial charge in [0.2, 0.25) is 0 Å². The number of ether oxygens (including phenoxy) is 1. The molecule has 0 atom stereocenters. The second-order valence-electron chi connectivity index (χ2n) is 3.57. The van der Waals surface area contributed by atoms with E-state index in [-0.39, 0.29) is 5.91 Å². The monoisotopic (exact) mass is 322 g/mol. The van der Waals surface area contributed by atoms with E-state index in [1.54, 1.807) is 43.5 Å². The van der Waals surface area contributed by atoms with Crippen LogP contribution in [0.25, 0.3) is 0 Å². The van der Waals surface area contributed by atoms with Crippen molar-refractivity contribution >= 4 is 28.1 Å². The van der Waals surface area contributed by atoms with Gasteiger partial charge in [-0.1, -0.05) is 6.07 Å². The van der Waals surface area contributed by atoms with Gasteiger partial charge in [0.1, 0.15) is 11.5 Å². The van der Waals surface area contributed by atoms with Crippen LogP contribution in [0.1, 0.15) is 16.1 Å². The van der Waals surface area contributed by atoms with E-state index in [0.29, 0.717) is 21.7 Å². The molecule has 5 nitrogen and oxygen atoms in total. The van der Waals surface area contributed by atoms with E-state index in [0.717, 1.165) is 0 Å². The largest absolute Gasteiger partial charge is 0.497 e. The Balaban J connectivity index is 1.99. The second-order valence-corrected chi connectivity index (χ2v) is 4.35. The van der Waals surface area contributed by atoms with E-state index in [2.05, 4.69) is 26.5 Å². The molecule has 1 heterocycles. The van der Waals surface area contributed by atoms with Crippen LogP contribution in [-0.4, -0.2) is 19.2 Å². The van der Waals surface area contributed by atoms with Crippen LogP contribution in [0.4, 0.5) is 0 Å². The van der Waals surface area contributed by atoms with Crippen LogP contribution >= 0.6 is 15.9 Å². The minimum atomic E-state index is -0.319. The Bertz CT molecular complexity index is 607. The Morgan fingerprint density at radius 3 is 2.95 bits per heavy atom. The summed E-state index contributed by atoms with van der Waals surface area (Å²) in [5.41, 5.74) is 2.88. The predicted molar refractivity (Wildman–Crippen MR) is 74.5 cm³/mol. The fraction of sp³-hybridized carbons (Fsp3) is 0.0769. The van der Waals surface area contributed by atoms with Gasteiger partial charge in [-0.2, -0.15) is 5.10 Å². The number of hydrogen-bond donors (Lipinski definition) is 1. The quantitative estimate of drug-likeness (QED) is 0.695. The summed E-state index contributed by atoms with van der Waals surface area (Å²) in [6.45, 7) is 0. The first-order valence-corrected chi connectivity index (χ1v) is 6.21. The molecule has 1 aromatic carbocycles. The summed E-state index contributed by atoms with van der Waals surface area (Å²) in [7, 11) is 1.55. The second kappa shape index (κ2) is 6.19. The summed E-state index contributed by atoms with van der Waals surface area (Å²) in [5.74, 6) is 0.838. The molecule has 0 spiro atoms. The Kier molecular flexibility index (Phi) is 4.35. The Morgan fingerprint density at radius 1 is 1.42 bits per heavy atom. The zero-order chi connectivity index (χ0) is 13.7. The molecule has 2 rings (SSSR count). The summed E-state index contributed by atoms with van der Waals surface area (Å²) in [5, 5.41) is 3.81. The van der Waals surface area contributed by atoms with Crippen LogP contribution in [0.3, 0.4) is 0 Å². The van der Waals surface area contributed by atoms with Crippen molar-refractivity contribution in [2.45, 2.75) is 0 Å². The van der Waals surface area contributed by atoms with Crippen molar-refractivity contribution in [1.82, 2.24) is 5.43 Å². The summed E-state index contributed by atoms with van der Waals surface area (Å²) >= 11 is 3.18. The fourth-order valence-electron chi connectivity index (χ4n) is 1.38. The number of halogens is 1. The first-order valence-electron chi connectivity index (χ1n) is 5.42. The van der Waals surface area contributed by atoms with Crippen LogP contribution in [-0.2, 0) is 0 Å². The van der Waals surface area contributed by atoms with Crippen molar-refractivity contribution in [3.05, 3.63) is 52.4 Å². The topological polar surface area (TPSA) is 63.8 Å². The first kappa shape index (κ1) is 13.4. The molecule has 0 aliphatic rings. The Labute approximate surface area is 118 Å². The van der Waals surface area contributed by atoms with Crippen LogP contribution in [0.15, 0.2) is 50.6 Å². The maximum absolute atomic E-state index is 11.8. The summed E-state index contributed by atoms with van der Waals surface area (Å²) < 4.78 is 10.9. The Hall–Kier alpha value is -2.08. The lowest BCUT2D eigenvalue weighted by Crippen LogP contribution is -2.17. The van der Waals surface area contributed by atoms with Crippen molar-refractivity contribution in [2.24, 2.45) is 5.10 Å². The number of nitrogens with one attached hydrogen (secondary N) is 1. The number of hydrogen-bond acceptors (Lipinski definition) is 4. The van der Waals surface area contributed by atoms with Gasteiger partial charge in [0.15, 0.2) is 4.67 Å². The third-order valence-corrected chi connectivity index (χ3v) is 2.71. The third kappa shape index (κ3) is 3.69. The number of carbonyl (C=O) groups excluding carboxylic acids is 1. The predicted octanol–water partition coefficient (Wildman–Crippen LogP) is 2.81. The molecule has 6 heteroatoms. The molecule has 0 fully saturated rings. The van der Waals surface area contributed by atoms with Crippen LogP contribution in [0.5, 0.6) is 5.75 Å². The van der Waals surface area contributed by atoms with Gasteiger partial charge in [-0.15, -0.1) is 0 Å². The molecule has 1 amide bonds. The zero-order valence-corrected chi connectivity index (χ0v) is 11.7. The molecule has 0 aliphatic heterocycles. The standard InChI is InChI=1S/C13H11BrN2O3/c1-18-10-4-2-3-9(7-10)13(17)16-15-8-11-5-6-12(14)19-11/h2-8H,1H3,(H,16,17)/b15-8+. The summed E-state index contributed by atoms with van der Waals surface area (Å²) in [6.07, 6.45) is 1.42. The number of carbonyl (C=O) groups is 1. The van der Waals surface area contributed by atoms with Crippen molar-refractivity contribution in [2.75, 3.05) is 7.11 Å². The molecular formula is C13H11BrN2O3. The van der Waals surface area contributed by atoms with Gasteiger partial charge < -0.3 is 9.15 Å². The number of nitrogens with zero attached hydrogens (tertiary/aromatic N) is 1. The number of furan rings is 1. The van der Waals surface area contributed by atoms with Crippen LogP contribution < -0.4 is 10.2 Å². The molecule has 0 aliphatic carbocycles. The smallest absolute Gasteiger partial charge is 0.271 e. The minimum absolute atomic E-state index is 0.319. The fourth-order valence-corrected chi connectivity index (χ4v) is 1.70. The lowest BCUT2D eigenvalue weighted by molar-refractivity contribution is 0.0955. The molecule has 0 saturated carbocycles. The number of benzene rings is 1. The van der Waals surface area contributed by atoms with E-state index in [9.17, 15) is 4.79 Å². The highest BCUT2D eigenvalue weighted by Crippen LogP contribution is 2.13. The van der Waals surface area contributed by atoms with E-state index in [1.807, 2.05) is 0 Å². The highest BCUT2D eigenvalue weighted by atomic mass is 79.9. The van der Waals surface area contributed by atoms with E-state index in [4.69, 9.17) is 9.15 Å². The minimum Gasteiger partial charge on any atom is -0.497 e. The highest BCUT2D eigenvalue weighted by Gasteiger charge is 2.05. The van der Waals surface area contributed by atoms with E-state index in [1.165, 1.54) is 6.21 Å². The molecule has 1 N–H and O–H groups in total. The van der Waals surface area contributed by atoms with Crippen molar-refractivity contribution in [3.63, 3.8) is 0 Å². The van der Waals surface area contributed by atoms with Crippen LogP contribution in [0, 0.1) is 0 Å². The molecular weight excluding hydrogens is 312 g/mol. The van der Waals surface area contributed by atoms with Crippen molar-refractivity contribution in [1.29, 1.82) is 0 Å². The normalized spacial score (nSPS) is 10.6. The van der Waals surface area contributed by atoms with Gasteiger partial charge in [0.05, 0.1) is 13.3 Å². The first-order chi connectivity index (χ1) is 9.19. The maximum Gasteiger partial charge on any atom is 0.271 e. The number of amides is 1. The van der Waals surface area contributed by atoms with E-state index >= 15 is 0 Å². The average Bonchev–Trinajstić information content (AvgIpc) is 2.84. The SMILES string of the molecule is COc1cccc(C(=O)N/N=C/c2ccc(Br)o2)c1. The number of rotatable bonds is 4. The summed E-state index contributed by atoms with van der Waals surface area (Å²) in [4.78, 5) is 11.8. The highest BCUT2D eigenvalue weighted by molar-refractivity contribution is 9.10. The van der Waals surface area contributed by atoms with Gasteiger partial charge in [0.25, 0.3) is 5.91 Å². The molecule has 98 valence electrons. The van der Waals surface area contributed by atoms with Gasteiger partial charge in [-0.05, 0) is 46.3 Å². The Morgan fingerprint density at radius 2 is 2.26 bits per heavy atom. The molecule has 1 aromatic heterocycles. The van der Waals surface area contributed by atoms with Gasteiger partial charge >= 0.3 is 0 Å². The number of methoxy groups -OCH3 is 1. The van der Waals surface area contributed by atoms with Gasteiger partial charge in [-0.3, -0.25) is 4.79 Å². The van der Waals surface area contributed by atoms with Gasteiger partial charge in [-0.25, -0.2) is 5.43 Å². The lowest BCUT2D eigenvalue weighted by atomic mass is 10.2. The van der Waals surface area contributed by atoms with E-state index < -0.39 is 0 Å². The molecule has 0 radical (unpaired) electrons. The zero-order valence-electron chi connectivity index (χ0n) is 10.1.